The second-order valence-corrected chi connectivity index (χ2v) is 5.91. The number of rotatable bonds is 6. The highest BCUT2D eigenvalue weighted by Crippen LogP contribution is 2.31. The first-order chi connectivity index (χ1) is 8.31. The minimum absolute atomic E-state index is 0.505. The van der Waals surface area contributed by atoms with E-state index in [1.807, 2.05) is 18.0 Å². The highest BCUT2D eigenvalue weighted by atomic mass is 32.2. The molecule has 0 spiro atoms. The first-order valence-electron chi connectivity index (χ1n) is 6.59. The number of anilines is 1. The van der Waals surface area contributed by atoms with Crippen LogP contribution >= 0.6 is 11.8 Å². The minimum Gasteiger partial charge on any atom is -0.353 e. The fourth-order valence-electron chi connectivity index (χ4n) is 2.49. The third-order valence-corrected chi connectivity index (χ3v) is 4.16. The summed E-state index contributed by atoms with van der Waals surface area (Å²) in [4.78, 5) is 4.45. The SMILES string of the molecule is CSCCC(C)Nc1nccn1C1CCCC1. The summed E-state index contributed by atoms with van der Waals surface area (Å²) in [6.45, 7) is 2.24. The fourth-order valence-corrected chi connectivity index (χ4v) is 3.08. The first-order valence-corrected chi connectivity index (χ1v) is 7.99. The Morgan fingerprint density at radius 1 is 1.53 bits per heavy atom. The molecule has 0 saturated heterocycles. The molecule has 1 heterocycles. The predicted molar refractivity (Wildman–Crippen MR) is 75.8 cm³/mol. The second-order valence-electron chi connectivity index (χ2n) is 4.92. The number of nitrogens with one attached hydrogen (secondary N) is 1. The molecule has 0 radical (unpaired) electrons. The Kier molecular flexibility index (Phi) is 4.77. The Labute approximate surface area is 108 Å². The topological polar surface area (TPSA) is 29.9 Å². The van der Waals surface area contributed by atoms with Crippen molar-refractivity contribution < 1.29 is 0 Å². The highest BCUT2D eigenvalue weighted by Gasteiger charge is 2.19. The molecule has 1 aromatic heterocycles. The third kappa shape index (κ3) is 3.41. The van der Waals surface area contributed by atoms with Gasteiger partial charge in [0.1, 0.15) is 0 Å². The van der Waals surface area contributed by atoms with E-state index < -0.39 is 0 Å². The summed E-state index contributed by atoms with van der Waals surface area (Å²) in [5, 5.41) is 3.54. The number of nitrogens with zero attached hydrogens (tertiary/aromatic N) is 2. The van der Waals surface area contributed by atoms with E-state index in [0.717, 1.165) is 5.95 Å². The predicted octanol–water partition coefficient (Wildman–Crippen LogP) is 3.55. The summed E-state index contributed by atoms with van der Waals surface area (Å²) in [5.41, 5.74) is 0. The molecule has 1 fully saturated rings. The van der Waals surface area contributed by atoms with Gasteiger partial charge in [0.05, 0.1) is 0 Å². The van der Waals surface area contributed by atoms with Crippen molar-refractivity contribution in [3.63, 3.8) is 0 Å². The summed E-state index contributed by atoms with van der Waals surface area (Å²) < 4.78 is 2.34. The summed E-state index contributed by atoms with van der Waals surface area (Å²) in [7, 11) is 0. The molecule has 96 valence electrons. The van der Waals surface area contributed by atoms with Crippen LogP contribution in [0, 0.1) is 0 Å². The van der Waals surface area contributed by atoms with Gasteiger partial charge in [-0.3, -0.25) is 0 Å². The van der Waals surface area contributed by atoms with Crippen molar-refractivity contribution in [2.75, 3.05) is 17.3 Å². The summed E-state index contributed by atoms with van der Waals surface area (Å²) in [6, 6.07) is 1.18. The number of aromatic nitrogens is 2. The van der Waals surface area contributed by atoms with Crippen LogP contribution in [0.5, 0.6) is 0 Å². The molecule has 1 aromatic rings. The van der Waals surface area contributed by atoms with Crippen LogP contribution in [-0.4, -0.2) is 27.6 Å². The van der Waals surface area contributed by atoms with Crippen LogP contribution in [0.25, 0.3) is 0 Å². The Hall–Kier alpha value is -0.640. The van der Waals surface area contributed by atoms with Crippen molar-refractivity contribution in [1.29, 1.82) is 0 Å². The van der Waals surface area contributed by atoms with Crippen LogP contribution in [-0.2, 0) is 0 Å². The van der Waals surface area contributed by atoms with Crippen LogP contribution in [0.3, 0.4) is 0 Å². The van der Waals surface area contributed by atoms with Crippen LogP contribution in [0.15, 0.2) is 12.4 Å². The Morgan fingerprint density at radius 3 is 3.00 bits per heavy atom. The van der Waals surface area contributed by atoms with Gasteiger partial charge in [-0.05, 0) is 38.2 Å². The van der Waals surface area contributed by atoms with Gasteiger partial charge in [-0.25, -0.2) is 4.98 Å². The minimum atomic E-state index is 0.505. The summed E-state index contributed by atoms with van der Waals surface area (Å²) in [5.74, 6) is 2.27. The first kappa shape index (κ1) is 12.8. The van der Waals surface area contributed by atoms with Crippen molar-refractivity contribution in [1.82, 2.24) is 9.55 Å². The molecule has 0 bridgehead atoms. The highest BCUT2D eigenvalue weighted by molar-refractivity contribution is 7.98. The molecule has 1 atom stereocenters. The van der Waals surface area contributed by atoms with Crippen molar-refractivity contribution >= 4 is 17.7 Å². The number of imidazole rings is 1. The zero-order valence-electron chi connectivity index (χ0n) is 10.9. The standard InChI is InChI=1S/C13H23N3S/c1-11(7-10-17-2)15-13-14-8-9-16(13)12-5-3-4-6-12/h8-9,11-12H,3-7,10H2,1-2H3,(H,14,15). The van der Waals surface area contributed by atoms with Crippen molar-refractivity contribution in [2.45, 2.75) is 51.1 Å². The monoisotopic (exact) mass is 253 g/mol. The smallest absolute Gasteiger partial charge is 0.203 e. The van der Waals surface area contributed by atoms with E-state index in [-0.39, 0.29) is 0 Å². The average molecular weight is 253 g/mol. The van der Waals surface area contributed by atoms with Gasteiger partial charge >= 0.3 is 0 Å². The van der Waals surface area contributed by atoms with E-state index in [1.165, 1.54) is 37.9 Å². The number of hydrogen-bond donors (Lipinski definition) is 1. The maximum absolute atomic E-state index is 4.45. The van der Waals surface area contributed by atoms with E-state index in [0.29, 0.717) is 12.1 Å². The van der Waals surface area contributed by atoms with Crippen LogP contribution in [0.2, 0.25) is 0 Å². The van der Waals surface area contributed by atoms with Gasteiger partial charge in [0.15, 0.2) is 0 Å². The largest absolute Gasteiger partial charge is 0.353 e. The molecule has 1 unspecified atom stereocenters. The fraction of sp³-hybridized carbons (Fsp3) is 0.769. The molecule has 4 heteroatoms. The van der Waals surface area contributed by atoms with Crippen molar-refractivity contribution in [3.05, 3.63) is 12.4 Å². The van der Waals surface area contributed by atoms with E-state index in [9.17, 15) is 0 Å². The molecule has 0 amide bonds. The molecule has 1 N–H and O–H groups in total. The van der Waals surface area contributed by atoms with E-state index in [1.54, 1.807) is 0 Å². The lowest BCUT2D eigenvalue weighted by atomic mass is 10.2. The van der Waals surface area contributed by atoms with Gasteiger partial charge in [-0.2, -0.15) is 11.8 Å². The Balaban J connectivity index is 1.93. The second kappa shape index (κ2) is 6.34. The molecule has 1 aliphatic carbocycles. The molecule has 17 heavy (non-hydrogen) atoms. The number of thioether (sulfide) groups is 1. The molecule has 0 aliphatic heterocycles. The van der Waals surface area contributed by atoms with Gasteiger partial charge in [-0.15, -0.1) is 0 Å². The Bertz CT molecular complexity index is 331. The molecule has 1 saturated carbocycles. The Morgan fingerprint density at radius 2 is 2.29 bits per heavy atom. The maximum atomic E-state index is 4.45. The maximum Gasteiger partial charge on any atom is 0.203 e. The lowest BCUT2D eigenvalue weighted by Crippen LogP contribution is -2.20. The van der Waals surface area contributed by atoms with Crippen LogP contribution in [0.4, 0.5) is 5.95 Å². The van der Waals surface area contributed by atoms with Crippen LogP contribution in [0.1, 0.15) is 45.1 Å². The van der Waals surface area contributed by atoms with Gasteiger partial charge in [0, 0.05) is 24.5 Å². The lowest BCUT2D eigenvalue weighted by Gasteiger charge is -2.19. The molecule has 3 nitrogen and oxygen atoms in total. The molecule has 2 rings (SSSR count). The van der Waals surface area contributed by atoms with Gasteiger partial charge in [0.25, 0.3) is 0 Å². The quantitative estimate of drug-likeness (QED) is 0.841. The van der Waals surface area contributed by atoms with E-state index in [2.05, 4.69) is 34.2 Å². The van der Waals surface area contributed by atoms with E-state index >= 15 is 0 Å². The normalized spacial score (nSPS) is 18.5. The van der Waals surface area contributed by atoms with Gasteiger partial charge in [-0.1, -0.05) is 12.8 Å². The number of hydrogen-bond acceptors (Lipinski definition) is 3. The summed E-state index contributed by atoms with van der Waals surface area (Å²) >= 11 is 1.90. The molecule has 0 aromatic carbocycles. The third-order valence-electron chi connectivity index (χ3n) is 3.52. The summed E-state index contributed by atoms with van der Waals surface area (Å²) in [6.07, 6.45) is 12.7. The van der Waals surface area contributed by atoms with E-state index in [4.69, 9.17) is 0 Å². The molecular weight excluding hydrogens is 230 g/mol. The van der Waals surface area contributed by atoms with Crippen molar-refractivity contribution in [3.8, 4) is 0 Å². The van der Waals surface area contributed by atoms with Crippen molar-refractivity contribution in [2.24, 2.45) is 0 Å². The van der Waals surface area contributed by atoms with Crippen LogP contribution < -0.4 is 5.32 Å². The average Bonchev–Trinajstić information content (AvgIpc) is 2.95. The molecule has 1 aliphatic rings. The zero-order chi connectivity index (χ0) is 12.1. The lowest BCUT2D eigenvalue weighted by molar-refractivity contribution is 0.520. The van der Waals surface area contributed by atoms with Gasteiger partial charge in [0.2, 0.25) is 5.95 Å². The molecular formula is C13H23N3S. The van der Waals surface area contributed by atoms with Gasteiger partial charge < -0.3 is 9.88 Å². The zero-order valence-corrected chi connectivity index (χ0v) is 11.7.